The fraction of sp³-hybridized carbons (Fsp3) is 0.263. The summed E-state index contributed by atoms with van der Waals surface area (Å²) < 4.78 is 24.5. The molecule has 0 bridgehead atoms. The second-order valence-corrected chi connectivity index (χ2v) is 7.89. The molecule has 140 valence electrons. The van der Waals surface area contributed by atoms with E-state index in [9.17, 15) is 9.18 Å². The van der Waals surface area contributed by atoms with Gasteiger partial charge in [0.1, 0.15) is 21.5 Å². The highest BCUT2D eigenvalue weighted by molar-refractivity contribution is 7.17. The van der Waals surface area contributed by atoms with Crippen molar-refractivity contribution >= 4 is 28.6 Å². The third-order valence-electron chi connectivity index (χ3n) is 4.20. The second kappa shape index (κ2) is 7.75. The van der Waals surface area contributed by atoms with Crippen LogP contribution in [0.1, 0.15) is 26.5 Å². The number of nitrogens with one attached hydrogen (secondary N) is 1. The van der Waals surface area contributed by atoms with Crippen LogP contribution in [0.25, 0.3) is 10.6 Å². The highest BCUT2D eigenvalue weighted by Gasteiger charge is 2.19. The van der Waals surface area contributed by atoms with Crippen LogP contribution >= 0.6 is 22.7 Å². The average molecular weight is 404 g/mol. The number of aryl methyl sites for hydroxylation is 1. The summed E-state index contributed by atoms with van der Waals surface area (Å²) in [5.41, 5.74) is 3.16. The van der Waals surface area contributed by atoms with Gasteiger partial charge in [0.25, 0.3) is 5.91 Å². The molecule has 0 radical (unpaired) electrons. The lowest BCUT2D eigenvalue weighted by Crippen LogP contribution is -2.26. The van der Waals surface area contributed by atoms with E-state index in [1.807, 2.05) is 23.8 Å². The molecule has 0 fully saturated rings. The van der Waals surface area contributed by atoms with Crippen molar-refractivity contribution < 1.29 is 18.7 Å². The van der Waals surface area contributed by atoms with Crippen molar-refractivity contribution in [1.29, 1.82) is 0 Å². The highest BCUT2D eigenvalue weighted by atomic mass is 32.1. The number of rotatable bonds is 5. The maximum Gasteiger partial charge on any atom is 0.263 e. The fourth-order valence-corrected chi connectivity index (χ4v) is 4.64. The molecule has 1 N–H and O–H groups in total. The van der Waals surface area contributed by atoms with Crippen LogP contribution < -0.4 is 10.1 Å². The van der Waals surface area contributed by atoms with E-state index >= 15 is 0 Å². The van der Waals surface area contributed by atoms with Gasteiger partial charge in [-0.2, -0.15) is 11.3 Å². The quantitative estimate of drug-likeness (QED) is 0.694. The van der Waals surface area contributed by atoms with Crippen LogP contribution in [-0.2, 0) is 17.8 Å². The predicted molar refractivity (Wildman–Crippen MR) is 103 cm³/mol. The molecular formula is C19H17FN2O3S2. The molecule has 0 atom stereocenters. The Kier molecular flexibility index (Phi) is 5.20. The second-order valence-electron chi connectivity index (χ2n) is 6.12. The first-order valence-electron chi connectivity index (χ1n) is 8.42. The van der Waals surface area contributed by atoms with Crippen molar-refractivity contribution in [3.05, 3.63) is 56.5 Å². The molecule has 3 heterocycles. The third-order valence-corrected chi connectivity index (χ3v) is 6.09. The Morgan fingerprint density at radius 3 is 3.11 bits per heavy atom. The summed E-state index contributed by atoms with van der Waals surface area (Å²) in [5.74, 6) is 0.162. The first kappa shape index (κ1) is 18.1. The number of carbonyl (C=O) groups excluding carboxylic acids is 1. The maximum absolute atomic E-state index is 13.8. The number of thiophene rings is 1. The van der Waals surface area contributed by atoms with Crippen LogP contribution in [-0.4, -0.2) is 24.2 Å². The molecule has 0 saturated carbocycles. The number of carbonyl (C=O) groups is 1. The zero-order chi connectivity index (χ0) is 18.8. The van der Waals surface area contributed by atoms with Gasteiger partial charge in [-0.25, -0.2) is 9.37 Å². The Balaban J connectivity index is 1.43. The van der Waals surface area contributed by atoms with Gasteiger partial charge in [0.05, 0.1) is 12.3 Å². The zero-order valence-corrected chi connectivity index (χ0v) is 16.2. The Hall–Kier alpha value is -2.29. The predicted octanol–water partition coefficient (Wildman–Crippen LogP) is 4.16. The molecule has 0 spiro atoms. The van der Waals surface area contributed by atoms with E-state index < -0.39 is 0 Å². The molecular weight excluding hydrogens is 387 g/mol. The third kappa shape index (κ3) is 3.87. The van der Waals surface area contributed by atoms with E-state index in [0.29, 0.717) is 41.5 Å². The van der Waals surface area contributed by atoms with Gasteiger partial charge in [0.15, 0.2) is 6.79 Å². The average Bonchev–Trinajstić information content (AvgIpc) is 3.31. The lowest BCUT2D eigenvalue weighted by atomic mass is 10.1. The van der Waals surface area contributed by atoms with Crippen LogP contribution in [0.5, 0.6) is 5.75 Å². The monoisotopic (exact) mass is 404 g/mol. The summed E-state index contributed by atoms with van der Waals surface area (Å²) in [4.78, 5) is 17.6. The van der Waals surface area contributed by atoms with Crippen molar-refractivity contribution in [3.8, 4) is 16.3 Å². The molecule has 1 aliphatic rings. The topological polar surface area (TPSA) is 60.5 Å². The normalized spacial score (nSPS) is 13.1. The van der Waals surface area contributed by atoms with Crippen molar-refractivity contribution in [2.75, 3.05) is 13.3 Å². The van der Waals surface area contributed by atoms with E-state index in [1.54, 1.807) is 11.3 Å². The summed E-state index contributed by atoms with van der Waals surface area (Å²) >= 11 is 2.98. The van der Waals surface area contributed by atoms with E-state index in [-0.39, 0.29) is 18.5 Å². The van der Waals surface area contributed by atoms with E-state index in [1.165, 1.54) is 23.5 Å². The number of aromatic nitrogens is 1. The van der Waals surface area contributed by atoms with Gasteiger partial charge in [-0.15, -0.1) is 11.3 Å². The molecule has 2 aromatic heterocycles. The van der Waals surface area contributed by atoms with Gasteiger partial charge >= 0.3 is 0 Å². The van der Waals surface area contributed by atoms with Crippen molar-refractivity contribution in [2.45, 2.75) is 20.0 Å². The summed E-state index contributed by atoms with van der Waals surface area (Å²) in [5, 5.41) is 7.73. The van der Waals surface area contributed by atoms with Crippen LogP contribution in [0, 0.1) is 12.7 Å². The molecule has 5 nitrogen and oxygen atoms in total. The number of amides is 1. The SMILES string of the molecule is Cc1nc(-c2ccsc2)sc1C(=O)NCCc1cc(F)cc2c1OCOC2. The minimum absolute atomic E-state index is 0.156. The first-order valence-corrected chi connectivity index (χ1v) is 10.2. The summed E-state index contributed by atoms with van der Waals surface area (Å²) in [7, 11) is 0. The van der Waals surface area contributed by atoms with Gasteiger partial charge in [-0.3, -0.25) is 4.79 Å². The van der Waals surface area contributed by atoms with Crippen molar-refractivity contribution in [3.63, 3.8) is 0 Å². The molecule has 1 amide bonds. The number of ether oxygens (including phenoxy) is 2. The Morgan fingerprint density at radius 1 is 1.41 bits per heavy atom. The number of hydrogen-bond donors (Lipinski definition) is 1. The number of thiazole rings is 1. The van der Waals surface area contributed by atoms with E-state index in [4.69, 9.17) is 9.47 Å². The fourth-order valence-electron chi connectivity index (χ4n) is 2.95. The Labute approximate surface area is 163 Å². The summed E-state index contributed by atoms with van der Waals surface area (Å²) in [6.07, 6.45) is 0.473. The van der Waals surface area contributed by atoms with E-state index in [2.05, 4.69) is 10.3 Å². The molecule has 3 aromatic rings. The summed E-state index contributed by atoms with van der Waals surface area (Å²) in [6, 6.07) is 4.85. The van der Waals surface area contributed by atoms with Crippen LogP contribution in [0.2, 0.25) is 0 Å². The molecule has 1 aromatic carbocycles. The zero-order valence-electron chi connectivity index (χ0n) is 14.6. The lowest BCUT2D eigenvalue weighted by Gasteiger charge is -2.20. The largest absolute Gasteiger partial charge is 0.467 e. The highest BCUT2D eigenvalue weighted by Crippen LogP contribution is 2.30. The van der Waals surface area contributed by atoms with E-state index in [0.717, 1.165) is 16.1 Å². The standard InChI is InChI=1S/C19H17FN2O3S2/c1-11-17(27-19(22-11)13-3-5-26-9-13)18(23)21-4-2-12-6-15(20)7-14-8-24-10-25-16(12)14/h3,5-7,9H,2,4,8,10H2,1H3,(H,21,23). The molecule has 0 aliphatic carbocycles. The Morgan fingerprint density at radius 2 is 2.30 bits per heavy atom. The molecule has 4 rings (SSSR count). The number of hydrogen-bond acceptors (Lipinski definition) is 6. The maximum atomic E-state index is 13.8. The van der Waals surface area contributed by atoms with Gasteiger partial charge in [-0.05, 0) is 42.5 Å². The van der Waals surface area contributed by atoms with Gasteiger partial charge in [-0.1, -0.05) is 0 Å². The molecule has 0 saturated heterocycles. The molecule has 8 heteroatoms. The number of benzene rings is 1. The number of halogens is 1. The number of fused-ring (bicyclic) bond motifs is 1. The minimum Gasteiger partial charge on any atom is -0.467 e. The van der Waals surface area contributed by atoms with Crippen LogP contribution in [0.3, 0.4) is 0 Å². The minimum atomic E-state index is -0.331. The van der Waals surface area contributed by atoms with Gasteiger partial charge in [0.2, 0.25) is 0 Å². The summed E-state index contributed by atoms with van der Waals surface area (Å²) in [6.45, 7) is 2.70. The van der Waals surface area contributed by atoms with Gasteiger partial charge < -0.3 is 14.8 Å². The first-order chi connectivity index (χ1) is 13.1. The van der Waals surface area contributed by atoms with Gasteiger partial charge in [0, 0.05) is 23.1 Å². The molecule has 1 aliphatic heterocycles. The molecule has 0 unspecified atom stereocenters. The van der Waals surface area contributed by atoms with Crippen LogP contribution in [0.4, 0.5) is 4.39 Å². The van der Waals surface area contributed by atoms with Crippen molar-refractivity contribution in [2.24, 2.45) is 0 Å². The smallest absolute Gasteiger partial charge is 0.263 e. The van der Waals surface area contributed by atoms with Crippen LogP contribution in [0.15, 0.2) is 29.0 Å². The Bertz CT molecular complexity index is 970. The molecule has 27 heavy (non-hydrogen) atoms. The number of nitrogens with zero attached hydrogens (tertiary/aromatic N) is 1. The van der Waals surface area contributed by atoms with Crippen molar-refractivity contribution in [1.82, 2.24) is 10.3 Å². The lowest BCUT2D eigenvalue weighted by molar-refractivity contribution is -0.0172.